The number of halogens is 3. The number of ether oxygens (including phenoxy) is 1. The Morgan fingerprint density at radius 2 is 1.63 bits per heavy atom. The standard InChI is InChI=1S/C14H12F3NO/c15-10-2-4-11(5-3-10)19-8-14(18)9-1-6-12(16)13(17)7-9/h1-7,14H,8,18H2. The first kappa shape index (κ1) is 13.4. The van der Waals surface area contributed by atoms with Gasteiger partial charge in [-0.05, 0) is 42.0 Å². The first-order valence-corrected chi connectivity index (χ1v) is 5.65. The van der Waals surface area contributed by atoms with Crippen molar-refractivity contribution in [3.8, 4) is 5.75 Å². The Morgan fingerprint density at radius 1 is 0.947 bits per heavy atom. The lowest BCUT2D eigenvalue weighted by Gasteiger charge is -2.13. The van der Waals surface area contributed by atoms with E-state index in [0.29, 0.717) is 11.3 Å². The maximum atomic E-state index is 13.0. The molecule has 0 aliphatic carbocycles. The van der Waals surface area contributed by atoms with Gasteiger partial charge >= 0.3 is 0 Å². The van der Waals surface area contributed by atoms with E-state index in [1.54, 1.807) is 0 Å². The van der Waals surface area contributed by atoms with Crippen molar-refractivity contribution in [3.63, 3.8) is 0 Å². The first-order chi connectivity index (χ1) is 9.06. The van der Waals surface area contributed by atoms with Gasteiger partial charge in [-0.3, -0.25) is 0 Å². The molecule has 0 bridgehead atoms. The molecule has 19 heavy (non-hydrogen) atoms. The van der Waals surface area contributed by atoms with Gasteiger partial charge in [0.15, 0.2) is 11.6 Å². The van der Waals surface area contributed by atoms with Gasteiger partial charge < -0.3 is 10.5 Å². The fourth-order valence-electron chi connectivity index (χ4n) is 1.56. The third-order valence-electron chi connectivity index (χ3n) is 2.62. The predicted molar refractivity (Wildman–Crippen MR) is 65.2 cm³/mol. The largest absolute Gasteiger partial charge is 0.492 e. The molecule has 0 fully saturated rings. The average molecular weight is 267 g/mol. The minimum absolute atomic E-state index is 0.0801. The van der Waals surface area contributed by atoms with Crippen LogP contribution in [0.5, 0.6) is 5.75 Å². The lowest BCUT2D eigenvalue weighted by molar-refractivity contribution is 0.290. The smallest absolute Gasteiger partial charge is 0.159 e. The van der Waals surface area contributed by atoms with Gasteiger partial charge in [0.1, 0.15) is 18.2 Å². The summed E-state index contributed by atoms with van der Waals surface area (Å²) in [7, 11) is 0. The molecule has 2 N–H and O–H groups in total. The number of rotatable bonds is 4. The van der Waals surface area contributed by atoms with E-state index >= 15 is 0 Å². The molecular formula is C14H12F3NO. The van der Waals surface area contributed by atoms with Crippen molar-refractivity contribution < 1.29 is 17.9 Å². The molecule has 2 nitrogen and oxygen atoms in total. The van der Waals surface area contributed by atoms with Gasteiger partial charge in [0.05, 0.1) is 6.04 Å². The second kappa shape index (κ2) is 5.75. The van der Waals surface area contributed by atoms with Crippen molar-refractivity contribution >= 4 is 0 Å². The van der Waals surface area contributed by atoms with Crippen LogP contribution in [0.1, 0.15) is 11.6 Å². The molecule has 0 heterocycles. The van der Waals surface area contributed by atoms with E-state index in [-0.39, 0.29) is 12.4 Å². The molecule has 5 heteroatoms. The summed E-state index contributed by atoms with van der Waals surface area (Å²) in [5.41, 5.74) is 6.24. The lowest BCUT2D eigenvalue weighted by atomic mass is 10.1. The van der Waals surface area contributed by atoms with Gasteiger partial charge in [0.25, 0.3) is 0 Å². The maximum absolute atomic E-state index is 13.0. The Bertz CT molecular complexity index is 557. The zero-order valence-electron chi connectivity index (χ0n) is 9.95. The average Bonchev–Trinajstić information content (AvgIpc) is 2.41. The number of benzene rings is 2. The van der Waals surface area contributed by atoms with Crippen LogP contribution in [-0.2, 0) is 0 Å². The molecule has 1 atom stereocenters. The topological polar surface area (TPSA) is 35.2 Å². The molecule has 2 aromatic carbocycles. The summed E-state index contributed by atoms with van der Waals surface area (Å²) in [5, 5.41) is 0. The lowest BCUT2D eigenvalue weighted by Crippen LogP contribution is -2.19. The highest BCUT2D eigenvalue weighted by Gasteiger charge is 2.10. The third kappa shape index (κ3) is 3.48. The molecular weight excluding hydrogens is 255 g/mol. The summed E-state index contributed by atoms with van der Waals surface area (Å²) in [6.45, 7) is 0.0801. The SMILES string of the molecule is NC(COc1ccc(F)cc1)c1ccc(F)c(F)c1. The van der Waals surface area contributed by atoms with Crippen LogP contribution in [0.25, 0.3) is 0 Å². The van der Waals surface area contributed by atoms with E-state index in [2.05, 4.69) is 0 Å². The molecule has 0 aliphatic heterocycles. The van der Waals surface area contributed by atoms with Gasteiger partial charge in [0, 0.05) is 0 Å². The van der Waals surface area contributed by atoms with E-state index in [9.17, 15) is 13.2 Å². The van der Waals surface area contributed by atoms with Crippen molar-refractivity contribution in [1.29, 1.82) is 0 Å². The molecule has 0 radical (unpaired) electrons. The van der Waals surface area contributed by atoms with Crippen LogP contribution in [0.15, 0.2) is 42.5 Å². The Balaban J connectivity index is 1.98. The predicted octanol–water partition coefficient (Wildman–Crippen LogP) is 3.18. The third-order valence-corrected chi connectivity index (χ3v) is 2.62. The quantitative estimate of drug-likeness (QED) is 0.923. The van der Waals surface area contributed by atoms with E-state index in [4.69, 9.17) is 10.5 Å². The molecule has 0 amide bonds. The Labute approximate surface area is 108 Å². The highest BCUT2D eigenvalue weighted by atomic mass is 19.2. The van der Waals surface area contributed by atoms with Crippen molar-refractivity contribution in [2.75, 3.05) is 6.61 Å². The normalized spacial score (nSPS) is 12.2. The van der Waals surface area contributed by atoms with Gasteiger partial charge in [-0.1, -0.05) is 6.07 Å². The summed E-state index contributed by atoms with van der Waals surface area (Å²) in [4.78, 5) is 0. The van der Waals surface area contributed by atoms with Gasteiger partial charge in [-0.25, -0.2) is 13.2 Å². The van der Waals surface area contributed by atoms with Crippen molar-refractivity contribution in [2.24, 2.45) is 5.73 Å². The van der Waals surface area contributed by atoms with Gasteiger partial charge in [-0.15, -0.1) is 0 Å². The summed E-state index contributed by atoms with van der Waals surface area (Å²) in [6, 6.07) is 8.31. The van der Waals surface area contributed by atoms with Crippen LogP contribution in [-0.4, -0.2) is 6.61 Å². The highest BCUT2D eigenvalue weighted by molar-refractivity contribution is 5.24. The fourth-order valence-corrected chi connectivity index (χ4v) is 1.56. The minimum Gasteiger partial charge on any atom is -0.492 e. The zero-order valence-corrected chi connectivity index (χ0v) is 9.95. The van der Waals surface area contributed by atoms with Crippen molar-refractivity contribution in [1.82, 2.24) is 0 Å². The summed E-state index contributed by atoms with van der Waals surface area (Å²) >= 11 is 0. The second-order valence-electron chi connectivity index (χ2n) is 4.04. The molecule has 2 aromatic rings. The van der Waals surface area contributed by atoms with Crippen molar-refractivity contribution in [3.05, 3.63) is 65.5 Å². The number of hydrogen-bond donors (Lipinski definition) is 1. The number of nitrogens with two attached hydrogens (primary N) is 1. The van der Waals surface area contributed by atoms with Crippen LogP contribution in [0.4, 0.5) is 13.2 Å². The molecule has 0 saturated heterocycles. The Morgan fingerprint density at radius 3 is 2.26 bits per heavy atom. The summed E-state index contributed by atoms with van der Waals surface area (Å²) < 4.78 is 43.8. The van der Waals surface area contributed by atoms with Crippen LogP contribution < -0.4 is 10.5 Å². The molecule has 0 saturated carbocycles. The molecule has 1 unspecified atom stereocenters. The van der Waals surface area contributed by atoms with E-state index in [0.717, 1.165) is 12.1 Å². The molecule has 0 aromatic heterocycles. The van der Waals surface area contributed by atoms with Crippen molar-refractivity contribution in [2.45, 2.75) is 6.04 Å². The molecule has 0 spiro atoms. The van der Waals surface area contributed by atoms with Crippen LogP contribution in [0, 0.1) is 17.5 Å². The van der Waals surface area contributed by atoms with E-state index in [1.807, 2.05) is 0 Å². The zero-order chi connectivity index (χ0) is 13.8. The monoisotopic (exact) mass is 267 g/mol. The second-order valence-corrected chi connectivity index (χ2v) is 4.04. The van der Waals surface area contributed by atoms with Gasteiger partial charge in [0.2, 0.25) is 0 Å². The minimum atomic E-state index is -0.949. The van der Waals surface area contributed by atoms with Gasteiger partial charge in [-0.2, -0.15) is 0 Å². The van der Waals surface area contributed by atoms with E-state index < -0.39 is 17.7 Å². The Hall–Kier alpha value is -2.01. The number of hydrogen-bond acceptors (Lipinski definition) is 2. The summed E-state index contributed by atoms with van der Waals surface area (Å²) in [6.07, 6.45) is 0. The van der Waals surface area contributed by atoms with E-state index in [1.165, 1.54) is 30.3 Å². The first-order valence-electron chi connectivity index (χ1n) is 5.65. The fraction of sp³-hybridized carbons (Fsp3) is 0.143. The molecule has 100 valence electrons. The summed E-state index contributed by atoms with van der Waals surface area (Å²) in [5.74, 6) is -1.78. The van der Waals surface area contributed by atoms with Crippen LogP contribution in [0.3, 0.4) is 0 Å². The molecule has 0 aliphatic rings. The van der Waals surface area contributed by atoms with Crippen LogP contribution in [0.2, 0.25) is 0 Å². The molecule has 2 rings (SSSR count). The van der Waals surface area contributed by atoms with Crippen LogP contribution >= 0.6 is 0 Å². The highest BCUT2D eigenvalue weighted by Crippen LogP contribution is 2.17. The Kier molecular flexibility index (Phi) is 4.06. The maximum Gasteiger partial charge on any atom is 0.159 e.